The molecule has 0 saturated heterocycles. The zero-order valence-electron chi connectivity index (χ0n) is 9.54. The maximum absolute atomic E-state index is 5.62. The first-order valence-corrected chi connectivity index (χ1v) is 5.92. The van der Waals surface area contributed by atoms with Crippen molar-refractivity contribution in [1.29, 1.82) is 0 Å². The van der Waals surface area contributed by atoms with Crippen LogP contribution in [0.4, 0.5) is 0 Å². The summed E-state index contributed by atoms with van der Waals surface area (Å²) in [6.45, 7) is 15.5. The normalized spacial score (nSPS) is 11.4. The van der Waals surface area contributed by atoms with Gasteiger partial charge in [0.2, 0.25) is 0 Å². The second kappa shape index (κ2) is 6.98. The fraction of sp³-hybridized carbons (Fsp3) is 0.636. The third kappa shape index (κ3) is 7.06. The molecule has 0 rings (SSSR count). The van der Waals surface area contributed by atoms with E-state index in [1.54, 1.807) is 6.08 Å². The molecule has 2 radical (unpaired) electrons. The van der Waals surface area contributed by atoms with Crippen LogP contribution in [0.25, 0.3) is 0 Å². The highest BCUT2D eigenvalue weighted by molar-refractivity contribution is 6.47. The minimum absolute atomic E-state index is 0.170. The molecule has 0 aromatic rings. The van der Waals surface area contributed by atoms with Gasteiger partial charge in [0.15, 0.2) is 9.52 Å². The molecule has 0 aromatic carbocycles. The first-order chi connectivity index (χ1) is 6.45. The Morgan fingerprint density at radius 2 is 1.57 bits per heavy atom. The van der Waals surface area contributed by atoms with Crippen LogP contribution in [0.5, 0.6) is 0 Å². The number of allylic oxidation sites excluding steroid dienone is 2. The van der Waals surface area contributed by atoms with Crippen molar-refractivity contribution in [2.24, 2.45) is 0 Å². The highest BCUT2D eigenvalue weighted by atomic mass is 28.2. The lowest BCUT2D eigenvalue weighted by Crippen LogP contribution is -2.30. The maximum Gasteiger partial charge on any atom is 0.156 e. The molecule has 0 amide bonds. The summed E-state index contributed by atoms with van der Waals surface area (Å²) < 4.78 is 11.2. The minimum Gasteiger partial charge on any atom is -0.354 e. The molecule has 0 atom stereocenters. The summed E-state index contributed by atoms with van der Waals surface area (Å²) in [5, 5.41) is 0.969. The van der Waals surface area contributed by atoms with Crippen LogP contribution in [0.3, 0.4) is 0 Å². The minimum atomic E-state index is -0.180. The fourth-order valence-corrected chi connectivity index (χ4v) is 1.91. The van der Waals surface area contributed by atoms with Crippen molar-refractivity contribution in [2.75, 3.05) is 0 Å². The highest BCUT2D eigenvalue weighted by Gasteiger charge is 2.14. The van der Waals surface area contributed by atoms with Crippen LogP contribution in [-0.4, -0.2) is 27.6 Å². The van der Waals surface area contributed by atoms with E-state index in [-0.39, 0.29) is 18.1 Å². The number of hydrogen-bond donors (Lipinski definition) is 0. The van der Waals surface area contributed by atoms with Crippen LogP contribution in [0.15, 0.2) is 24.4 Å². The number of hydrogen-bond acceptors (Lipinski definition) is 2. The van der Waals surface area contributed by atoms with Crippen LogP contribution >= 0.6 is 0 Å². The molecule has 80 valence electrons. The molecule has 0 aliphatic rings. The Morgan fingerprint density at radius 1 is 1.14 bits per heavy atom. The molecule has 0 aromatic heterocycles. The predicted molar refractivity (Wildman–Crippen MR) is 61.3 cm³/mol. The van der Waals surface area contributed by atoms with Gasteiger partial charge in [-0.05, 0) is 27.7 Å². The quantitative estimate of drug-likeness (QED) is 0.367. The zero-order valence-corrected chi connectivity index (χ0v) is 10.5. The summed E-state index contributed by atoms with van der Waals surface area (Å²) in [4.78, 5) is 0. The standard InChI is InChI=1S/C11H20O2Si/c1-7-10(6)14-11(12-8(2)3)13-9(4)5/h7-9,11H,1,6H2,2-5H3. The Morgan fingerprint density at radius 3 is 1.86 bits per heavy atom. The topological polar surface area (TPSA) is 18.5 Å². The molecular formula is C11H20O2Si. The van der Waals surface area contributed by atoms with E-state index in [2.05, 4.69) is 13.2 Å². The lowest BCUT2D eigenvalue weighted by molar-refractivity contribution is -0.133. The van der Waals surface area contributed by atoms with E-state index in [0.29, 0.717) is 9.52 Å². The molecule has 0 unspecified atom stereocenters. The van der Waals surface area contributed by atoms with E-state index in [9.17, 15) is 0 Å². The summed E-state index contributed by atoms with van der Waals surface area (Å²) in [5.74, 6) is -0.180. The van der Waals surface area contributed by atoms with E-state index in [4.69, 9.17) is 9.47 Å². The molecule has 0 bridgehead atoms. The molecule has 2 nitrogen and oxygen atoms in total. The van der Waals surface area contributed by atoms with Gasteiger partial charge in [0, 0.05) is 0 Å². The summed E-state index contributed by atoms with van der Waals surface area (Å²) in [6, 6.07) is 0. The smallest absolute Gasteiger partial charge is 0.156 e. The van der Waals surface area contributed by atoms with Crippen LogP contribution in [0, 0.1) is 0 Å². The Kier molecular flexibility index (Phi) is 6.79. The van der Waals surface area contributed by atoms with Crippen LogP contribution in [-0.2, 0) is 9.47 Å². The molecule has 0 fully saturated rings. The Balaban J connectivity index is 4.09. The first-order valence-electron chi connectivity index (χ1n) is 4.84. The Labute approximate surface area is 89.8 Å². The van der Waals surface area contributed by atoms with Gasteiger partial charge in [-0.15, -0.1) is 6.58 Å². The lowest BCUT2D eigenvalue weighted by Gasteiger charge is -2.22. The van der Waals surface area contributed by atoms with E-state index in [0.717, 1.165) is 5.20 Å². The average Bonchev–Trinajstić information content (AvgIpc) is 2.01. The molecule has 0 heterocycles. The predicted octanol–water partition coefficient (Wildman–Crippen LogP) is 2.52. The summed E-state index contributed by atoms with van der Waals surface area (Å²) in [7, 11) is 0.426. The van der Waals surface area contributed by atoms with Gasteiger partial charge >= 0.3 is 0 Å². The second-order valence-electron chi connectivity index (χ2n) is 3.58. The Hall–Kier alpha value is -0.383. The van der Waals surface area contributed by atoms with Gasteiger partial charge in [-0.25, -0.2) is 0 Å². The van der Waals surface area contributed by atoms with Gasteiger partial charge in [0.1, 0.15) is 5.91 Å². The van der Waals surface area contributed by atoms with Crippen molar-refractivity contribution in [3.63, 3.8) is 0 Å². The van der Waals surface area contributed by atoms with Gasteiger partial charge in [0.05, 0.1) is 12.2 Å². The van der Waals surface area contributed by atoms with E-state index in [1.165, 1.54) is 0 Å². The molecule has 3 heteroatoms. The van der Waals surface area contributed by atoms with Crippen molar-refractivity contribution < 1.29 is 9.47 Å². The van der Waals surface area contributed by atoms with E-state index < -0.39 is 0 Å². The highest BCUT2D eigenvalue weighted by Crippen LogP contribution is 2.06. The van der Waals surface area contributed by atoms with Crippen molar-refractivity contribution in [3.8, 4) is 0 Å². The second-order valence-corrected chi connectivity index (χ2v) is 4.98. The molecule has 0 saturated carbocycles. The van der Waals surface area contributed by atoms with Crippen molar-refractivity contribution in [2.45, 2.75) is 45.8 Å². The summed E-state index contributed by atoms with van der Waals surface area (Å²) in [6.07, 6.45) is 2.09. The number of ether oxygens (including phenoxy) is 2. The third-order valence-corrected chi connectivity index (χ3v) is 2.42. The monoisotopic (exact) mass is 212 g/mol. The third-order valence-electron chi connectivity index (χ3n) is 1.34. The Bertz CT molecular complexity index is 178. The average molecular weight is 212 g/mol. The maximum atomic E-state index is 5.62. The van der Waals surface area contributed by atoms with Crippen molar-refractivity contribution in [1.82, 2.24) is 0 Å². The van der Waals surface area contributed by atoms with E-state index >= 15 is 0 Å². The van der Waals surface area contributed by atoms with Crippen molar-refractivity contribution >= 4 is 9.52 Å². The molecule has 0 aliphatic heterocycles. The van der Waals surface area contributed by atoms with Gasteiger partial charge < -0.3 is 9.47 Å². The molecule has 0 aliphatic carbocycles. The summed E-state index contributed by atoms with van der Waals surface area (Å²) >= 11 is 0. The zero-order chi connectivity index (χ0) is 11.1. The molecular weight excluding hydrogens is 192 g/mol. The van der Waals surface area contributed by atoms with Gasteiger partial charge in [-0.2, -0.15) is 0 Å². The SMILES string of the molecule is C=CC(=C)[Si]C(OC(C)C)OC(C)C. The van der Waals surface area contributed by atoms with Crippen molar-refractivity contribution in [3.05, 3.63) is 24.4 Å². The van der Waals surface area contributed by atoms with Gasteiger partial charge in [0.25, 0.3) is 0 Å². The van der Waals surface area contributed by atoms with Crippen LogP contribution < -0.4 is 0 Å². The van der Waals surface area contributed by atoms with Gasteiger partial charge in [-0.3, -0.25) is 0 Å². The van der Waals surface area contributed by atoms with Crippen LogP contribution in [0.2, 0.25) is 0 Å². The fourth-order valence-electron chi connectivity index (χ4n) is 0.805. The molecule has 14 heavy (non-hydrogen) atoms. The largest absolute Gasteiger partial charge is 0.354 e. The summed E-state index contributed by atoms with van der Waals surface area (Å²) in [5.41, 5.74) is 0. The van der Waals surface area contributed by atoms with Gasteiger partial charge in [-0.1, -0.05) is 17.9 Å². The van der Waals surface area contributed by atoms with E-state index in [1.807, 2.05) is 27.7 Å². The van der Waals surface area contributed by atoms with Crippen LogP contribution in [0.1, 0.15) is 27.7 Å². The lowest BCUT2D eigenvalue weighted by atomic mass is 10.5. The molecule has 0 N–H and O–H groups in total. The number of rotatable bonds is 7. The molecule has 0 spiro atoms. The first kappa shape index (κ1) is 13.6.